The fraction of sp³-hybridized carbons (Fsp3) is 0.292. The predicted molar refractivity (Wildman–Crippen MR) is 125 cm³/mol. The van der Waals surface area contributed by atoms with Crippen molar-refractivity contribution in [1.29, 1.82) is 0 Å². The van der Waals surface area contributed by atoms with E-state index >= 15 is 0 Å². The van der Waals surface area contributed by atoms with Gasteiger partial charge in [0.05, 0.1) is 16.8 Å². The Labute approximate surface area is 217 Å². The number of amides is 1. The molecule has 0 saturated heterocycles. The van der Waals surface area contributed by atoms with Gasteiger partial charge in [-0.05, 0) is 54.4 Å². The Hall–Kier alpha value is -3.75. The van der Waals surface area contributed by atoms with Gasteiger partial charge in [0.1, 0.15) is 17.2 Å². The average Bonchev–Trinajstić information content (AvgIpc) is 2.82. The lowest BCUT2D eigenvalue weighted by atomic mass is 10.0. The Morgan fingerprint density at radius 2 is 1.54 bits per heavy atom. The van der Waals surface area contributed by atoms with Gasteiger partial charge in [0, 0.05) is 31.5 Å². The van der Waals surface area contributed by atoms with E-state index in [4.69, 9.17) is 0 Å². The third-order valence-corrected chi connectivity index (χ3v) is 6.60. The Kier molecular flexibility index (Phi) is 7.31. The van der Waals surface area contributed by atoms with Crippen LogP contribution in [0.2, 0.25) is 0 Å². The number of hydrogen-bond acceptors (Lipinski definition) is 6. The predicted octanol–water partition coefficient (Wildman–Crippen LogP) is 5.18. The Morgan fingerprint density at radius 1 is 0.949 bits per heavy atom. The second kappa shape index (κ2) is 10.1. The number of sulfone groups is 1. The highest BCUT2D eigenvalue weighted by molar-refractivity contribution is 7.90. The maximum Gasteiger partial charge on any atom is 0.416 e. The first kappa shape index (κ1) is 28.3. The number of benzene rings is 2. The first-order valence-electron chi connectivity index (χ1n) is 11.2. The molecule has 0 aliphatic carbocycles. The van der Waals surface area contributed by atoms with E-state index in [-0.39, 0.29) is 48.2 Å². The van der Waals surface area contributed by atoms with E-state index in [1.54, 1.807) is 0 Å². The topological polar surface area (TPSA) is 92.3 Å². The van der Waals surface area contributed by atoms with Crippen LogP contribution in [0.1, 0.15) is 33.5 Å². The Morgan fingerprint density at radius 3 is 2.08 bits per heavy atom. The molecule has 0 bridgehead atoms. The van der Waals surface area contributed by atoms with Crippen LogP contribution in [0.5, 0.6) is 0 Å². The van der Waals surface area contributed by atoms with Crippen molar-refractivity contribution >= 4 is 21.6 Å². The molecule has 4 rings (SSSR count). The normalized spacial score (nSPS) is 14.9. The van der Waals surface area contributed by atoms with E-state index in [9.17, 15) is 43.9 Å². The Bertz CT molecular complexity index is 1490. The molecule has 0 fully saturated rings. The minimum atomic E-state index is -5.07. The van der Waals surface area contributed by atoms with Crippen LogP contribution in [0.25, 0.3) is 11.3 Å². The van der Waals surface area contributed by atoms with Crippen molar-refractivity contribution in [2.45, 2.75) is 30.5 Å². The van der Waals surface area contributed by atoms with Crippen LogP contribution in [-0.4, -0.2) is 48.5 Å². The summed E-state index contributed by atoms with van der Waals surface area (Å²) in [5.74, 6) is -1.70. The fourth-order valence-electron chi connectivity index (χ4n) is 3.97. The molecule has 0 saturated carbocycles. The molecular weight excluding hydrogens is 557 g/mol. The van der Waals surface area contributed by atoms with Crippen LogP contribution < -0.4 is 5.32 Å². The molecule has 39 heavy (non-hydrogen) atoms. The molecular formula is C24H19F7N4O3S. The minimum Gasteiger partial charge on any atom is -0.369 e. The number of rotatable bonds is 4. The monoisotopic (exact) mass is 576 g/mol. The lowest BCUT2D eigenvalue weighted by molar-refractivity contribution is -0.143. The maximum absolute atomic E-state index is 13.7. The zero-order valence-corrected chi connectivity index (χ0v) is 20.8. The largest absolute Gasteiger partial charge is 0.416 e. The standard InChI is InChI=1S/C24H19F7N4O3S/c1-39(37,38)22-33-19(14-3-5-17(25)6-4-14)18-20(34-22)32-7-2-8-35(21(18)36)12-13-9-15(23(26,27)28)11-16(10-13)24(29,30)31/h3-6,9-11H,2,7-8,12H2,1H3,(H,32,33,34). The number of anilines is 1. The molecule has 7 nitrogen and oxygen atoms in total. The lowest BCUT2D eigenvalue weighted by Gasteiger charge is -2.28. The van der Waals surface area contributed by atoms with Crippen LogP contribution >= 0.6 is 0 Å². The second-order valence-electron chi connectivity index (χ2n) is 8.78. The van der Waals surface area contributed by atoms with E-state index in [1.165, 1.54) is 12.1 Å². The molecule has 2 aromatic carbocycles. The summed E-state index contributed by atoms with van der Waals surface area (Å²) < 4.78 is 118. The van der Waals surface area contributed by atoms with Gasteiger partial charge in [-0.15, -0.1) is 0 Å². The van der Waals surface area contributed by atoms with E-state index in [1.807, 2.05) is 0 Å². The highest BCUT2D eigenvalue weighted by Crippen LogP contribution is 2.37. The zero-order chi connectivity index (χ0) is 28.8. The van der Waals surface area contributed by atoms with Gasteiger partial charge >= 0.3 is 12.4 Å². The quantitative estimate of drug-likeness (QED) is 0.340. The SMILES string of the molecule is CS(=O)(=O)c1nc2c(c(-c3ccc(F)cc3)n1)C(=O)N(Cc1cc(C(F)(F)F)cc(C(F)(F)F)c1)CCCN2. The maximum atomic E-state index is 13.7. The average molecular weight is 576 g/mol. The molecule has 0 unspecified atom stereocenters. The first-order chi connectivity index (χ1) is 18.0. The summed E-state index contributed by atoms with van der Waals surface area (Å²) >= 11 is 0. The summed E-state index contributed by atoms with van der Waals surface area (Å²) in [6.07, 6.45) is -9.09. The highest BCUT2D eigenvalue weighted by atomic mass is 32.2. The molecule has 15 heteroatoms. The molecule has 3 aromatic rings. The van der Waals surface area contributed by atoms with Gasteiger partial charge in [0.25, 0.3) is 5.91 Å². The van der Waals surface area contributed by atoms with Crippen molar-refractivity contribution in [3.8, 4) is 11.3 Å². The zero-order valence-electron chi connectivity index (χ0n) is 20.0. The number of nitrogens with zero attached hydrogens (tertiary/aromatic N) is 3. The van der Waals surface area contributed by atoms with Gasteiger partial charge in [-0.3, -0.25) is 4.79 Å². The summed E-state index contributed by atoms with van der Waals surface area (Å²) in [4.78, 5) is 22.7. The third kappa shape index (κ3) is 6.29. The number of carbonyl (C=O) groups excluding carboxylic acids is 1. The number of fused-ring (bicyclic) bond motifs is 1. The molecule has 1 aliphatic heterocycles. The van der Waals surface area contributed by atoms with Gasteiger partial charge in [-0.25, -0.2) is 22.8 Å². The molecule has 1 aromatic heterocycles. The summed E-state index contributed by atoms with van der Waals surface area (Å²) in [6, 6.07) is 5.62. The van der Waals surface area contributed by atoms with Crippen molar-refractivity contribution in [2.75, 3.05) is 24.7 Å². The number of aromatic nitrogens is 2. The number of hydrogen-bond donors (Lipinski definition) is 1. The lowest BCUT2D eigenvalue weighted by Crippen LogP contribution is -2.36. The van der Waals surface area contributed by atoms with E-state index < -0.39 is 62.3 Å². The molecule has 2 heterocycles. The summed E-state index contributed by atoms with van der Waals surface area (Å²) in [5, 5.41) is 2.20. The molecule has 1 amide bonds. The van der Waals surface area contributed by atoms with E-state index in [0.29, 0.717) is 12.1 Å². The van der Waals surface area contributed by atoms with Crippen molar-refractivity contribution in [2.24, 2.45) is 0 Å². The number of carbonyl (C=O) groups is 1. The van der Waals surface area contributed by atoms with Gasteiger partial charge in [0.2, 0.25) is 15.0 Å². The van der Waals surface area contributed by atoms with Gasteiger partial charge in [-0.1, -0.05) is 0 Å². The third-order valence-electron chi connectivity index (χ3n) is 5.76. The molecule has 0 atom stereocenters. The van der Waals surface area contributed by atoms with E-state index in [2.05, 4.69) is 15.3 Å². The molecule has 0 radical (unpaired) electrons. The second-order valence-corrected chi connectivity index (χ2v) is 10.7. The van der Waals surface area contributed by atoms with Crippen LogP contribution in [0.3, 0.4) is 0 Å². The van der Waals surface area contributed by atoms with Gasteiger partial charge < -0.3 is 10.2 Å². The fourth-order valence-corrected chi connectivity index (χ4v) is 4.49. The summed E-state index contributed by atoms with van der Waals surface area (Å²) in [7, 11) is -3.99. The summed E-state index contributed by atoms with van der Waals surface area (Å²) in [5.41, 5.74) is -3.81. The van der Waals surface area contributed by atoms with Crippen molar-refractivity contribution in [1.82, 2.24) is 14.9 Å². The number of alkyl halides is 6. The molecule has 208 valence electrons. The minimum absolute atomic E-state index is 0.00873. The van der Waals surface area contributed by atoms with Crippen molar-refractivity contribution in [3.63, 3.8) is 0 Å². The van der Waals surface area contributed by atoms with Crippen LogP contribution in [0.4, 0.5) is 36.6 Å². The van der Waals surface area contributed by atoms with Gasteiger partial charge in [0.15, 0.2) is 0 Å². The highest BCUT2D eigenvalue weighted by Gasteiger charge is 2.37. The molecule has 1 aliphatic rings. The molecule has 1 N–H and O–H groups in total. The summed E-state index contributed by atoms with van der Waals surface area (Å²) in [6.45, 7) is -0.558. The van der Waals surface area contributed by atoms with Crippen molar-refractivity contribution < 1.29 is 43.9 Å². The molecule has 0 spiro atoms. The van der Waals surface area contributed by atoms with E-state index in [0.717, 1.165) is 23.3 Å². The number of nitrogens with one attached hydrogen (secondary N) is 1. The van der Waals surface area contributed by atoms with Crippen molar-refractivity contribution in [3.05, 3.63) is 70.5 Å². The van der Waals surface area contributed by atoms with Gasteiger partial charge in [-0.2, -0.15) is 26.3 Å². The Balaban J connectivity index is 1.85. The number of halogens is 7. The van der Waals surface area contributed by atoms with Crippen LogP contribution in [0, 0.1) is 5.82 Å². The first-order valence-corrected chi connectivity index (χ1v) is 13.1. The smallest absolute Gasteiger partial charge is 0.369 e. The van der Waals surface area contributed by atoms with Crippen LogP contribution in [-0.2, 0) is 28.7 Å². The van der Waals surface area contributed by atoms with Crippen LogP contribution in [0.15, 0.2) is 47.6 Å².